The van der Waals surface area contributed by atoms with E-state index in [1.807, 2.05) is 5.51 Å². The summed E-state index contributed by atoms with van der Waals surface area (Å²) in [5, 5.41) is 9.36. The summed E-state index contributed by atoms with van der Waals surface area (Å²) in [5.41, 5.74) is 2.36. The van der Waals surface area contributed by atoms with E-state index >= 15 is 0 Å². The largest absolute Gasteiger partial charge is 0.346 e. The fraction of sp³-hybridized carbons (Fsp3) is 0.867. The summed E-state index contributed by atoms with van der Waals surface area (Å²) >= 11 is 1.68. The molecule has 20 heavy (non-hydrogen) atoms. The van der Waals surface area contributed by atoms with Gasteiger partial charge in [-0.15, -0.1) is 10.2 Å². The predicted octanol–water partition coefficient (Wildman–Crippen LogP) is 2.88. The summed E-state index contributed by atoms with van der Waals surface area (Å²) in [6.45, 7) is 10.8. The average Bonchev–Trinajstić information content (AvgIpc) is 3.07. The summed E-state index contributed by atoms with van der Waals surface area (Å²) in [5.74, 6) is 0.816. The molecule has 0 unspecified atom stereocenters. The first-order chi connectivity index (χ1) is 9.67. The van der Waals surface area contributed by atoms with E-state index in [1.54, 1.807) is 11.3 Å². The van der Waals surface area contributed by atoms with E-state index in [1.165, 1.54) is 51.9 Å². The molecule has 2 aliphatic heterocycles. The van der Waals surface area contributed by atoms with Gasteiger partial charge in [0.2, 0.25) is 5.13 Å². The van der Waals surface area contributed by atoms with Crippen LogP contribution < -0.4 is 4.90 Å². The van der Waals surface area contributed by atoms with Gasteiger partial charge in [-0.1, -0.05) is 25.2 Å². The third kappa shape index (κ3) is 3.14. The van der Waals surface area contributed by atoms with Gasteiger partial charge in [-0.2, -0.15) is 0 Å². The van der Waals surface area contributed by atoms with Crippen LogP contribution in [0.3, 0.4) is 0 Å². The van der Waals surface area contributed by atoms with Crippen molar-refractivity contribution in [1.82, 2.24) is 15.1 Å². The summed E-state index contributed by atoms with van der Waals surface area (Å²) in [6, 6.07) is 0. The zero-order valence-corrected chi connectivity index (χ0v) is 13.5. The molecule has 1 spiro atoms. The maximum absolute atomic E-state index is 4.25. The second kappa shape index (κ2) is 5.98. The number of anilines is 1. The standard InChI is InChI=1S/C15H26N4S/c1-13(2)4-8-18-9-6-15(10-18)5-3-7-19(11-15)14-17-16-12-20-14/h12-13H,3-11H2,1-2H3/t15-/m1/s1. The van der Waals surface area contributed by atoms with Gasteiger partial charge in [0.05, 0.1) is 0 Å². The Kier molecular flexibility index (Phi) is 4.26. The van der Waals surface area contributed by atoms with Crippen LogP contribution in [0.5, 0.6) is 0 Å². The Labute approximate surface area is 126 Å². The lowest BCUT2D eigenvalue weighted by molar-refractivity contribution is 0.215. The van der Waals surface area contributed by atoms with E-state index in [0.717, 1.165) is 17.6 Å². The molecule has 3 rings (SSSR count). The van der Waals surface area contributed by atoms with Crippen LogP contribution in [0.4, 0.5) is 5.13 Å². The molecule has 4 nitrogen and oxygen atoms in total. The van der Waals surface area contributed by atoms with Gasteiger partial charge in [0.15, 0.2) is 0 Å². The molecule has 3 heterocycles. The second-order valence-electron chi connectivity index (χ2n) is 6.96. The summed E-state index contributed by atoms with van der Waals surface area (Å²) in [4.78, 5) is 5.15. The Hall–Kier alpha value is -0.680. The van der Waals surface area contributed by atoms with Crippen LogP contribution in [0.25, 0.3) is 0 Å². The van der Waals surface area contributed by atoms with Gasteiger partial charge in [0, 0.05) is 25.0 Å². The zero-order chi connectivity index (χ0) is 14.0. The minimum absolute atomic E-state index is 0.515. The molecule has 2 fully saturated rings. The number of likely N-dealkylation sites (tertiary alicyclic amines) is 1. The van der Waals surface area contributed by atoms with Gasteiger partial charge in [-0.3, -0.25) is 0 Å². The van der Waals surface area contributed by atoms with Gasteiger partial charge < -0.3 is 9.80 Å². The van der Waals surface area contributed by atoms with Gasteiger partial charge >= 0.3 is 0 Å². The van der Waals surface area contributed by atoms with Crippen LogP contribution in [0.2, 0.25) is 0 Å². The van der Waals surface area contributed by atoms with Crippen molar-refractivity contribution in [2.75, 3.05) is 37.6 Å². The van der Waals surface area contributed by atoms with E-state index in [4.69, 9.17) is 0 Å². The Morgan fingerprint density at radius 3 is 2.95 bits per heavy atom. The molecule has 0 aliphatic carbocycles. The smallest absolute Gasteiger partial charge is 0.208 e. The topological polar surface area (TPSA) is 32.3 Å². The third-order valence-electron chi connectivity index (χ3n) is 4.82. The van der Waals surface area contributed by atoms with E-state index in [2.05, 4.69) is 33.8 Å². The molecule has 1 atom stereocenters. The van der Waals surface area contributed by atoms with Crippen LogP contribution in [0.15, 0.2) is 5.51 Å². The lowest BCUT2D eigenvalue weighted by atomic mass is 9.79. The predicted molar refractivity (Wildman–Crippen MR) is 84.3 cm³/mol. The lowest BCUT2D eigenvalue weighted by Crippen LogP contribution is -2.45. The highest BCUT2D eigenvalue weighted by atomic mass is 32.1. The van der Waals surface area contributed by atoms with Crippen LogP contribution in [-0.2, 0) is 0 Å². The summed E-state index contributed by atoms with van der Waals surface area (Å²) < 4.78 is 0. The number of hydrogen-bond donors (Lipinski definition) is 0. The Balaban J connectivity index is 1.59. The van der Waals surface area contributed by atoms with Crippen molar-refractivity contribution in [1.29, 1.82) is 0 Å². The summed E-state index contributed by atoms with van der Waals surface area (Å²) in [7, 11) is 0. The Bertz CT molecular complexity index is 420. The quantitative estimate of drug-likeness (QED) is 0.855. The first kappa shape index (κ1) is 14.3. The molecule has 1 aromatic rings. The van der Waals surface area contributed by atoms with Crippen molar-refractivity contribution < 1.29 is 0 Å². The van der Waals surface area contributed by atoms with Crippen molar-refractivity contribution in [2.45, 2.75) is 39.5 Å². The molecule has 112 valence electrons. The molecular formula is C15H26N4S. The number of aromatic nitrogens is 2. The molecular weight excluding hydrogens is 268 g/mol. The molecule has 2 aliphatic rings. The van der Waals surface area contributed by atoms with E-state index in [-0.39, 0.29) is 0 Å². The first-order valence-electron chi connectivity index (χ1n) is 7.90. The molecule has 0 bridgehead atoms. The maximum Gasteiger partial charge on any atom is 0.208 e. The third-order valence-corrected chi connectivity index (χ3v) is 5.57. The number of nitrogens with zero attached hydrogens (tertiary/aromatic N) is 4. The van der Waals surface area contributed by atoms with Crippen molar-refractivity contribution >= 4 is 16.5 Å². The normalized spacial score (nSPS) is 27.9. The maximum atomic E-state index is 4.25. The van der Waals surface area contributed by atoms with Crippen LogP contribution in [0.1, 0.15) is 39.5 Å². The molecule has 0 saturated carbocycles. The molecule has 0 aromatic carbocycles. The van der Waals surface area contributed by atoms with Crippen molar-refractivity contribution in [3.63, 3.8) is 0 Å². The molecule has 0 N–H and O–H groups in total. The molecule has 2 saturated heterocycles. The monoisotopic (exact) mass is 294 g/mol. The fourth-order valence-electron chi connectivity index (χ4n) is 3.67. The van der Waals surface area contributed by atoms with Crippen molar-refractivity contribution in [3.8, 4) is 0 Å². The van der Waals surface area contributed by atoms with Crippen LogP contribution in [-0.4, -0.2) is 47.8 Å². The molecule has 1 aromatic heterocycles. The minimum atomic E-state index is 0.515. The second-order valence-corrected chi connectivity index (χ2v) is 7.77. The van der Waals surface area contributed by atoms with E-state index in [9.17, 15) is 0 Å². The van der Waals surface area contributed by atoms with Gasteiger partial charge in [-0.05, 0) is 44.7 Å². The molecule has 5 heteroatoms. The Morgan fingerprint density at radius 1 is 1.30 bits per heavy atom. The molecule has 0 radical (unpaired) electrons. The zero-order valence-electron chi connectivity index (χ0n) is 12.7. The van der Waals surface area contributed by atoms with Gasteiger partial charge in [0.25, 0.3) is 0 Å². The average molecular weight is 294 g/mol. The highest BCUT2D eigenvalue weighted by molar-refractivity contribution is 7.13. The van der Waals surface area contributed by atoms with Crippen LogP contribution in [0, 0.1) is 11.3 Å². The van der Waals surface area contributed by atoms with Gasteiger partial charge in [0.1, 0.15) is 5.51 Å². The first-order valence-corrected chi connectivity index (χ1v) is 8.78. The fourth-order valence-corrected chi connectivity index (χ4v) is 4.26. The minimum Gasteiger partial charge on any atom is -0.346 e. The van der Waals surface area contributed by atoms with Crippen molar-refractivity contribution in [2.24, 2.45) is 11.3 Å². The highest BCUT2D eigenvalue weighted by Gasteiger charge is 2.41. The van der Waals surface area contributed by atoms with E-state index in [0.29, 0.717) is 5.41 Å². The lowest BCUT2D eigenvalue weighted by Gasteiger charge is -2.40. The van der Waals surface area contributed by atoms with Crippen molar-refractivity contribution in [3.05, 3.63) is 5.51 Å². The SMILES string of the molecule is CC(C)CCN1CC[C@]2(CCCN(c3nncs3)C2)C1. The number of hydrogen-bond acceptors (Lipinski definition) is 5. The van der Waals surface area contributed by atoms with E-state index < -0.39 is 0 Å². The van der Waals surface area contributed by atoms with Gasteiger partial charge in [-0.25, -0.2) is 0 Å². The highest BCUT2D eigenvalue weighted by Crippen LogP contribution is 2.40. The molecule has 0 amide bonds. The van der Waals surface area contributed by atoms with Crippen LogP contribution >= 0.6 is 11.3 Å². The Morgan fingerprint density at radius 2 is 2.20 bits per heavy atom. The number of rotatable bonds is 4. The number of piperidine rings is 1. The summed E-state index contributed by atoms with van der Waals surface area (Å²) in [6.07, 6.45) is 5.38.